The van der Waals surface area contributed by atoms with Gasteiger partial charge in [-0.25, -0.2) is 16.3 Å². The molecule has 0 aliphatic carbocycles. The molecule has 1 saturated heterocycles. The van der Waals surface area contributed by atoms with Crippen molar-refractivity contribution in [3.05, 3.63) is 94.5 Å². The highest BCUT2D eigenvalue weighted by molar-refractivity contribution is 6.30. The van der Waals surface area contributed by atoms with Gasteiger partial charge in [-0.2, -0.15) is 5.10 Å². The number of carbonyl (C=O) groups is 1. The van der Waals surface area contributed by atoms with Crippen LogP contribution in [0, 0.1) is 0 Å². The third-order valence-corrected chi connectivity index (χ3v) is 5.33. The number of halogens is 1. The smallest absolute Gasteiger partial charge is 0.258 e. The first-order valence-electron chi connectivity index (χ1n) is 10.2. The van der Waals surface area contributed by atoms with Crippen molar-refractivity contribution in [2.75, 3.05) is 0 Å². The molecule has 1 fully saturated rings. The van der Waals surface area contributed by atoms with Gasteiger partial charge < -0.3 is 9.84 Å². The molecule has 0 bridgehead atoms. The molecule has 0 radical (unpaired) electrons. The van der Waals surface area contributed by atoms with Gasteiger partial charge in [-0.3, -0.25) is 4.79 Å². The third kappa shape index (κ3) is 5.64. The quantitative estimate of drug-likeness (QED) is 0.325. The minimum atomic E-state index is -0.453. The summed E-state index contributed by atoms with van der Waals surface area (Å²) in [6.07, 6.45) is 2.02. The molecule has 4 N–H and O–H groups in total. The molecule has 7 nitrogen and oxygen atoms in total. The topological polar surface area (TPSA) is 95.0 Å². The number of hydrogen-bond acceptors (Lipinski definition) is 6. The second-order valence-corrected chi connectivity index (χ2v) is 7.85. The third-order valence-electron chi connectivity index (χ3n) is 5.08. The standard InChI is InChI=1S/C24H23ClN4O3/c25-18-10-8-16(9-11-18)15-32-23-7-2-1-6-20(23)21-13-22(28-27-21)24(31)29-26-14-17-4-3-5-19(30)12-17/h1-12,14,21-22,27-28,30H,13,15H2,(H,29,31)/b26-14+. The Labute approximate surface area is 191 Å². The average molecular weight is 451 g/mol. The number of aromatic hydroxyl groups is 1. The zero-order chi connectivity index (χ0) is 22.3. The van der Waals surface area contributed by atoms with Crippen molar-refractivity contribution in [1.82, 2.24) is 16.3 Å². The van der Waals surface area contributed by atoms with E-state index in [1.54, 1.807) is 24.3 Å². The summed E-state index contributed by atoms with van der Waals surface area (Å²) in [6.45, 7) is 0.419. The fourth-order valence-electron chi connectivity index (χ4n) is 3.43. The maximum Gasteiger partial charge on any atom is 0.258 e. The lowest BCUT2D eigenvalue weighted by Gasteiger charge is -2.16. The Morgan fingerprint density at radius 2 is 1.94 bits per heavy atom. The van der Waals surface area contributed by atoms with E-state index in [9.17, 15) is 9.90 Å². The number of nitrogens with one attached hydrogen (secondary N) is 3. The van der Waals surface area contributed by atoms with Crippen LogP contribution in [-0.4, -0.2) is 23.3 Å². The van der Waals surface area contributed by atoms with E-state index in [1.807, 2.05) is 48.5 Å². The lowest BCUT2D eigenvalue weighted by Crippen LogP contribution is -2.41. The SMILES string of the molecule is O=C(N/N=C/c1cccc(O)c1)C1CC(c2ccccc2OCc2ccc(Cl)cc2)NN1. The van der Waals surface area contributed by atoms with Gasteiger partial charge >= 0.3 is 0 Å². The second-order valence-electron chi connectivity index (χ2n) is 7.41. The molecule has 8 heteroatoms. The molecule has 1 aliphatic rings. The van der Waals surface area contributed by atoms with Crippen molar-refractivity contribution >= 4 is 23.7 Å². The molecule has 164 valence electrons. The molecule has 3 aromatic carbocycles. The highest BCUT2D eigenvalue weighted by atomic mass is 35.5. The largest absolute Gasteiger partial charge is 0.508 e. The fraction of sp³-hybridized carbons (Fsp3) is 0.167. The van der Waals surface area contributed by atoms with Gasteiger partial charge in [0.15, 0.2) is 0 Å². The van der Waals surface area contributed by atoms with Crippen LogP contribution in [0.3, 0.4) is 0 Å². The molecule has 0 spiro atoms. The molecular weight excluding hydrogens is 428 g/mol. The summed E-state index contributed by atoms with van der Waals surface area (Å²) in [6, 6.07) is 21.4. The Morgan fingerprint density at radius 3 is 2.75 bits per heavy atom. The van der Waals surface area contributed by atoms with Crippen molar-refractivity contribution in [1.29, 1.82) is 0 Å². The van der Waals surface area contributed by atoms with Crippen LogP contribution in [0.2, 0.25) is 5.02 Å². The van der Waals surface area contributed by atoms with E-state index in [-0.39, 0.29) is 17.7 Å². The first kappa shape index (κ1) is 21.8. The van der Waals surface area contributed by atoms with Gasteiger partial charge in [-0.15, -0.1) is 0 Å². The van der Waals surface area contributed by atoms with Crippen LogP contribution in [-0.2, 0) is 11.4 Å². The number of phenols is 1. The average Bonchev–Trinajstić information content (AvgIpc) is 3.29. The molecular formula is C24H23ClN4O3. The van der Waals surface area contributed by atoms with Crippen LogP contribution in [0.5, 0.6) is 11.5 Å². The fourth-order valence-corrected chi connectivity index (χ4v) is 3.55. The Balaban J connectivity index is 1.34. The van der Waals surface area contributed by atoms with Crippen molar-refractivity contribution in [3.63, 3.8) is 0 Å². The van der Waals surface area contributed by atoms with Crippen LogP contribution in [0.15, 0.2) is 77.9 Å². The summed E-state index contributed by atoms with van der Waals surface area (Å²) in [5.74, 6) is 0.641. The summed E-state index contributed by atoms with van der Waals surface area (Å²) in [7, 11) is 0. The molecule has 1 heterocycles. The molecule has 4 rings (SSSR count). The van der Waals surface area contributed by atoms with Gasteiger partial charge in [0.1, 0.15) is 24.1 Å². The highest BCUT2D eigenvalue weighted by Gasteiger charge is 2.31. The van der Waals surface area contributed by atoms with Gasteiger partial charge in [-0.1, -0.05) is 54.1 Å². The number of nitrogens with zero attached hydrogens (tertiary/aromatic N) is 1. The number of hydrogen-bond donors (Lipinski definition) is 4. The lowest BCUT2D eigenvalue weighted by atomic mass is 10.0. The number of benzene rings is 3. The first-order valence-corrected chi connectivity index (χ1v) is 10.6. The maximum absolute atomic E-state index is 12.5. The molecule has 2 atom stereocenters. The van der Waals surface area contributed by atoms with E-state index in [0.29, 0.717) is 23.6 Å². The van der Waals surface area contributed by atoms with Crippen LogP contribution >= 0.6 is 11.6 Å². The van der Waals surface area contributed by atoms with Crippen molar-refractivity contribution in [2.45, 2.75) is 25.1 Å². The van der Waals surface area contributed by atoms with Gasteiger partial charge in [0.05, 0.1) is 12.3 Å². The van der Waals surface area contributed by atoms with Gasteiger partial charge in [0, 0.05) is 10.6 Å². The molecule has 1 aliphatic heterocycles. The Hall–Kier alpha value is -3.39. The summed E-state index contributed by atoms with van der Waals surface area (Å²) in [5.41, 5.74) is 11.4. The van der Waals surface area contributed by atoms with Crippen molar-refractivity contribution in [2.24, 2.45) is 5.10 Å². The van der Waals surface area contributed by atoms with Gasteiger partial charge in [0.2, 0.25) is 0 Å². The number of ether oxygens (including phenoxy) is 1. The minimum absolute atomic E-state index is 0.0952. The molecule has 2 unspecified atom stereocenters. The molecule has 3 aromatic rings. The number of hydrazine groups is 1. The van der Waals surface area contributed by atoms with Crippen LogP contribution in [0.25, 0.3) is 0 Å². The van der Waals surface area contributed by atoms with E-state index in [1.165, 1.54) is 6.21 Å². The summed E-state index contributed by atoms with van der Waals surface area (Å²) in [4.78, 5) is 12.5. The second kappa shape index (κ2) is 10.3. The highest BCUT2D eigenvalue weighted by Crippen LogP contribution is 2.30. The van der Waals surface area contributed by atoms with Crippen LogP contribution in [0.4, 0.5) is 0 Å². The number of phenolic OH excluding ortho intramolecular Hbond substituents is 1. The minimum Gasteiger partial charge on any atom is -0.508 e. The van der Waals surface area contributed by atoms with E-state index in [0.717, 1.165) is 16.9 Å². The van der Waals surface area contributed by atoms with E-state index < -0.39 is 6.04 Å². The summed E-state index contributed by atoms with van der Waals surface area (Å²) < 4.78 is 6.04. The van der Waals surface area contributed by atoms with Gasteiger partial charge in [-0.05, 0) is 47.9 Å². The van der Waals surface area contributed by atoms with Crippen molar-refractivity contribution < 1.29 is 14.6 Å². The number of para-hydroxylation sites is 1. The Morgan fingerprint density at radius 1 is 1.12 bits per heavy atom. The number of amides is 1. The first-order chi connectivity index (χ1) is 15.6. The van der Waals surface area contributed by atoms with Crippen molar-refractivity contribution in [3.8, 4) is 11.5 Å². The Bertz CT molecular complexity index is 1100. The summed E-state index contributed by atoms with van der Waals surface area (Å²) in [5, 5.41) is 14.1. The lowest BCUT2D eigenvalue weighted by molar-refractivity contribution is -0.122. The van der Waals surface area contributed by atoms with E-state index in [2.05, 4.69) is 21.4 Å². The zero-order valence-electron chi connectivity index (χ0n) is 17.2. The van der Waals surface area contributed by atoms with E-state index >= 15 is 0 Å². The molecule has 0 saturated carbocycles. The van der Waals surface area contributed by atoms with E-state index in [4.69, 9.17) is 16.3 Å². The molecule has 0 aromatic heterocycles. The maximum atomic E-state index is 12.5. The monoisotopic (exact) mass is 450 g/mol. The number of hydrazone groups is 1. The Kier molecular flexibility index (Phi) is 7.01. The molecule has 32 heavy (non-hydrogen) atoms. The zero-order valence-corrected chi connectivity index (χ0v) is 17.9. The van der Waals surface area contributed by atoms with Crippen LogP contribution in [0.1, 0.15) is 29.2 Å². The summed E-state index contributed by atoms with van der Waals surface area (Å²) >= 11 is 5.94. The number of rotatable bonds is 7. The normalized spacial score (nSPS) is 18.0. The number of carbonyl (C=O) groups excluding carboxylic acids is 1. The predicted molar refractivity (Wildman–Crippen MR) is 123 cm³/mol. The predicted octanol–water partition coefficient (Wildman–Crippen LogP) is 3.68. The van der Waals surface area contributed by atoms with Gasteiger partial charge in [0.25, 0.3) is 5.91 Å². The molecule has 1 amide bonds. The van der Waals surface area contributed by atoms with Crippen LogP contribution < -0.4 is 21.0 Å².